The Morgan fingerprint density at radius 2 is 2.04 bits per heavy atom. The Labute approximate surface area is 148 Å². The lowest BCUT2D eigenvalue weighted by Crippen LogP contribution is -2.44. The second-order valence-electron chi connectivity index (χ2n) is 6.60. The fourth-order valence-corrected chi connectivity index (χ4v) is 3.76. The second-order valence-corrected chi connectivity index (χ2v) is 7.45. The maximum Gasteiger partial charge on any atom is 0.226 e. The first-order valence-electron chi connectivity index (χ1n) is 8.89. The number of nitrogens with two attached hydrogens (primary N) is 1. The quantitative estimate of drug-likeness (QED) is 0.666. The van der Waals surface area contributed by atoms with Gasteiger partial charge in [-0.2, -0.15) is 0 Å². The normalized spacial score (nSPS) is 21.8. The van der Waals surface area contributed by atoms with Gasteiger partial charge in [-0.25, -0.2) is 4.98 Å². The summed E-state index contributed by atoms with van der Waals surface area (Å²) in [5, 5.41) is 5.64. The van der Waals surface area contributed by atoms with Crippen molar-refractivity contribution in [1.82, 2.24) is 9.88 Å². The van der Waals surface area contributed by atoms with E-state index in [4.69, 9.17) is 10.5 Å². The van der Waals surface area contributed by atoms with Crippen molar-refractivity contribution in [3.05, 3.63) is 11.1 Å². The molecule has 1 aromatic rings. The monoisotopic (exact) mass is 354 g/mol. The van der Waals surface area contributed by atoms with Crippen LogP contribution in [0.1, 0.15) is 51.6 Å². The largest absolute Gasteiger partial charge is 0.373 e. The van der Waals surface area contributed by atoms with E-state index >= 15 is 0 Å². The molecule has 2 atom stereocenters. The van der Waals surface area contributed by atoms with Crippen molar-refractivity contribution in [2.45, 2.75) is 64.7 Å². The average Bonchev–Trinajstić information content (AvgIpc) is 2.93. The molecule has 0 bridgehead atoms. The Balaban J connectivity index is 1.71. The average molecular weight is 355 g/mol. The zero-order chi connectivity index (χ0) is 17.4. The summed E-state index contributed by atoms with van der Waals surface area (Å²) in [6.45, 7) is 7.59. The molecule has 1 aromatic heterocycles. The predicted molar refractivity (Wildman–Crippen MR) is 98.2 cm³/mol. The number of nitrogens with one attached hydrogen (secondary N) is 1. The zero-order valence-electron chi connectivity index (χ0n) is 14.8. The summed E-state index contributed by atoms with van der Waals surface area (Å²) in [6.07, 6.45) is 5.17. The van der Waals surface area contributed by atoms with Crippen LogP contribution in [0.3, 0.4) is 0 Å². The number of rotatable bonds is 9. The lowest BCUT2D eigenvalue weighted by atomic mass is 10.1. The Morgan fingerprint density at radius 3 is 2.75 bits per heavy atom. The molecule has 2 unspecified atom stereocenters. The van der Waals surface area contributed by atoms with E-state index in [1.54, 1.807) is 0 Å². The van der Waals surface area contributed by atoms with E-state index in [1.165, 1.54) is 11.3 Å². The SMILES string of the molecule is CC1CN(Cc2csc(NC(=O)CCCCCCN)n2)CC(C)O1. The fraction of sp³-hybridized carbons (Fsp3) is 0.765. The molecule has 1 fully saturated rings. The molecule has 6 nitrogen and oxygen atoms in total. The lowest BCUT2D eigenvalue weighted by Gasteiger charge is -2.34. The van der Waals surface area contributed by atoms with Crippen LogP contribution in [-0.4, -0.2) is 47.6 Å². The van der Waals surface area contributed by atoms with Gasteiger partial charge in [0, 0.05) is 31.4 Å². The first-order valence-corrected chi connectivity index (χ1v) is 9.77. The van der Waals surface area contributed by atoms with Crippen LogP contribution in [0.25, 0.3) is 0 Å². The molecule has 3 N–H and O–H groups in total. The number of morpholine rings is 1. The van der Waals surface area contributed by atoms with E-state index in [0.717, 1.165) is 57.6 Å². The molecule has 2 rings (SSSR count). The number of hydrogen-bond acceptors (Lipinski definition) is 6. The van der Waals surface area contributed by atoms with Crippen LogP contribution in [-0.2, 0) is 16.1 Å². The number of hydrogen-bond donors (Lipinski definition) is 2. The highest BCUT2D eigenvalue weighted by molar-refractivity contribution is 7.13. The number of amides is 1. The highest BCUT2D eigenvalue weighted by Crippen LogP contribution is 2.19. The molecular formula is C17H30N4O2S. The number of carbonyl (C=O) groups is 1. The van der Waals surface area contributed by atoms with E-state index in [0.29, 0.717) is 11.6 Å². The van der Waals surface area contributed by atoms with Gasteiger partial charge in [-0.05, 0) is 33.2 Å². The molecule has 1 saturated heterocycles. The minimum absolute atomic E-state index is 0.0530. The first-order chi connectivity index (χ1) is 11.6. The summed E-state index contributed by atoms with van der Waals surface area (Å²) >= 11 is 1.50. The Hall–Kier alpha value is -1.02. The van der Waals surface area contributed by atoms with E-state index < -0.39 is 0 Å². The third-order valence-electron chi connectivity index (χ3n) is 4.04. The van der Waals surface area contributed by atoms with Gasteiger partial charge in [0.25, 0.3) is 0 Å². The number of nitrogens with zero attached hydrogens (tertiary/aromatic N) is 2. The molecular weight excluding hydrogens is 324 g/mol. The molecule has 0 saturated carbocycles. The molecule has 0 aromatic carbocycles. The summed E-state index contributed by atoms with van der Waals surface area (Å²) in [5.41, 5.74) is 6.47. The third kappa shape index (κ3) is 6.84. The highest BCUT2D eigenvalue weighted by atomic mass is 32.1. The van der Waals surface area contributed by atoms with Gasteiger partial charge in [-0.1, -0.05) is 12.8 Å². The van der Waals surface area contributed by atoms with E-state index in [1.807, 2.05) is 5.38 Å². The molecule has 0 aliphatic carbocycles. The molecule has 1 aliphatic rings. The van der Waals surface area contributed by atoms with Gasteiger partial charge in [0.05, 0.1) is 17.9 Å². The number of carbonyl (C=O) groups excluding carboxylic acids is 1. The minimum Gasteiger partial charge on any atom is -0.373 e. The highest BCUT2D eigenvalue weighted by Gasteiger charge is 2.22. The van der Waals surface area contributed by atoms with Crippen LogP contribution >= 0.6 is 11.3 Å². The Morgan fingerprint density at radius 1 is 1.33 bits per heavy atom. The van der Waals surface area contributed by atoms with Gasteiger partial charge >= 0.3 is 0 Å². The fourth-order valence-electron chi connectivity index (χ4n) is 3.04. The topological polar surface area (TPSA) is 80.5 Å². The van der Waals surface area contributed by atoms with Gasteiger partial charge in [0.15, 0.2) is 5.13 Å². The molecule has 1 aliphatic heterocycles. The Kier molecular flexibility index (Phi) is 8.11. The van der Waals surface area contributed by atoms with Crippen LogP contribution in [0.5, 0.6) is 0 Å². The maximum atomic E-state index is 11.9. The van der Waals surface area contributed by atoms with Crippen LogP contribution in [0.15, 0.2) is 5.38 Å². The van der Waals surface area contributed by atoms with Crippen molar-refractivity contribution in [2.75, 3.05) is 25.0 Å². The molecule has 1 amide bonds. The molecule has 136 valence electrons. The summed E-state index contributed by atoms with van der Waals surface area (Å²) in [7, 11) is 0. The summed E-state index contributed by atoms with van der Waals surface area (Å²) in [4.78, 5) is 18.8. The smallest absolute Gasteiger partial charge is 0.226 e. The van der Waals surface area contributed by atoms with Crippen molar-refractivity contribution < 1.29 is 9.53 Å². The van der Waals surface area contributed by atoms with Crippen molar-refractivity contribution in [3.8, 4) is 0 Å². The molecule has 0 spiro atoms. The number of aromatic nitrogens is 1. The van der Waals surface area contributed by atoms with E-state index in [2.05, 4.69) is 29.0 Å². The molecule has 0 radical (unpaired) electrons. The van der Waals surface area contributed by atoms with Crippen molar-refractivity contribution in [3.63, 3.8) is 0 Å². The third-order valence-corrected chi connectivity index (χ3v) is 4.84. The van der Waals surface area contributed by atoms with E-state index in [-0.39, 0.29) is 18.1 Å². The summed E-state index contributed by atoms with van der Waals surface area (Å²) < 4.78 is 5.75. The summed E-state index contributed by atoms with van der Waals surface area (Å²) in [6, 6.07) is 0. The zero-order valence-corrected chi connectivity index (χ0v) is 15.6. The number of unbranched alkanes of at least 4 members (excludes halogenated alkanes) is 3. The van der Waals surface area contributed by atoms with Crippen LogP contribution in [0.4, 0.5) is 5.13 Å². The number of thiazole rings is 1. The number of anilines is 1. The summed E-state index contributed by atoms with van der Waals surface area (Å²) in [5.74, 6) is 0.0530. The van der Waals surface area contributed by atoms with Gasteiger partial charge in [-0.3, -0.25) is 9.69 Å². The van der Waals surface area contributed by atoms with E-state index in [9.17, 15) is 4.79 Å². The van der Waals surface area contributed by atoms with Crippen molar-refractivity contribution in [2.24, 2.45) is 5.73 Å². The first kappa shape index (κ1) is 19.3. The van der Waals surface area contributed by atoms with Gasteiger partial charge in [-0.15, -0.1) is 11.3 Å². The van der Waals surface area contributed by atoms with Crippen molar-refractivity contribution >= 4 is 22.4 Å². The molecule has 7 heteroatoms. The molecule has 24 heavy (non-hydrogen) atoms. The van der Waals surface area contributed by atoms with Gasteiger partial charge in [0.2, 0.25) is 5.91 Å². The predicted octanol–water partition coefficient (Wildman–Crippen LogP) is 2.60. The number of ether oxygens (including phenoxy) is 1. The van der Waals surface area contributed by atoms with Gasteiger partial charge < -0.3 is 15.8 Å². The van der Waals surface area contributed by atoms with Crippen LogP contribution in [0.2, 0.25) is 0 Å². The Bertz CT molecular complexity index is 499. The van der Waals surface area contributed by atoms with Crippen molar-refractivity contribution in [1.29, 1.82) is 0 Å². The maximum absolute atomic E-state index is 11.9. The van der Waals surface area contributed by atoms with Crippen LogP contribution < -0.4 is 11.1 Å². The molecule has 2 heterocycles. The van der Waals surface area contributed by atoms with Crippen LogP contribution in [0, 0.1) is 0 Å². The lowest BCUT2D eigenvalue weighted by molar-refractivity contribution is -0.116. The standard InChI is InChI=1S/C17H30N4O2S/c1-13-9-21(10-14(2)23-13)11-15-12-24-17(19-15)20-16(22)7-5-3-4-6-8-18/h12-14H,3-11,18H2,1-2H3,(H,19,20,22). The second kappa shape index (κ2) is 10.1. The minimum atomic E-state index is 0.0530. The van der Waals surface area contributed by atoms with Gasteiger partial charge in [0.1, 0.15) is 0 Å².